The van der Waals surface area contributed by atoms with Crippen molar-refractivity contribution in [3.8, 4) is 0 Å². The Morgan fingerprint density at radius 3 is 3.07 bits per heavy atom. The molecule has 1 heterocycles. The number of methoxy groups -OCH3 is 1. The summed E-state index contributed by atoms with van der Waals surface area (Å²) in [6.07, 6.45) is 1.56. The lowest BCUT2D eigenvalue weighted by atomic mass is 10.2. The SMILES string of the molecule is COC(=O)c1ccc2[nH]cnc2c1S. The van der Waals surface area contributed by atoms with Crippen LogP contribution >= 0.6 is 12.6 Å². The average Bonchev–Trinajstić information content (AvgIpc) is 2.66. The second-order valence-corrected chi connectivity index (χ2v) is 3.20. The van der Waals surface area contributed by atoms with Crippen molar-refractivity contribution >= 4 is 29.6 Å². The number of aromatic nitrogens is 2. The number of fused-ring (bicyclic) bond motifs is 1. The van der Waals surface area contributed by atoms with Gasteiger partial charge in [0.15, 0.2) is 0 Å². The van der Waals surface area contributed by atoms with Crippen molar-refractivity contribution in [3.63, 3.8) is 0 Å². The van der Waals surface area contributed by atoms with Crippen molar-refractivity contribution in [2.24, 2.45) is 0 Å². The highest BCUT2D eigenvalue weighted by molar-refractivity contribution is 7.80. The summed E-state index contributed by atoms with van der Waals surface area (Å²) >= 11 is 4.24. The van der Waals surface area contributed by atoms with Crippen molar-refractivity contribution in [3.05, 3.63) is 24.0 Å². The average molecular weight is 208 g/mol. The number of hydrogen-bond acceptors (Lipinski definition) is 4. The van der Waals surface area contributed by atoms with Gasteiger partial charge in [-0.1, -0.05) is 0 Å². The monoisotopic (exact) mass is 208 g/mol. The van der Waals surface area contributed by atoms with E-state index < -0.39 is 5.97 Å². The molecule has 0 saturated heterocycles. The van der Waals surface area contributed by atoms with E-state index in [0.29, 0.717) is 16.0 Å². The van der Waals surface area contributed by atoms with Crippen molar-refractivity contribution in [2.75, 3.05) is 7.11 Å². The second kappa shape index (κ2) is 3.34. The number of benzene rings is 1. The first-order valence-electron chi connectivity index (χ1n) is 3.97. The summed E-state index contributed by atoms with van der Waals surface area (Å²) in [6, 6.07) is 3.43. The number of aromatic amines is 1. The maximum absolute atomic E-state index is 11.3. The van der Waals surface area contributed by atoms with Crippen LogP contribution in [-0.4, -0.2) is 23.0 Å². The fourth-order valence-electron chi connectivity index (χ4n) is 1.27. The van der Waals surface area contributed by atoms with Crippen LogP contribution in [0.3, 0.4) is 0 Å². The summed E-state index contributed by atoms with van der Waals surface area (Å²) < 4.78 is 4.62. The van der Waals surface area contributed by atoms with Crippen LogP contribution in [0.25, 0.3) is 11.0 Å². The van der Waals surface area contributed by atoms with Gasteiger partial charge in [-0.15, -0.1) is 12.6 Å². The summed E-state index contributed by atoms with van der Waals surface area (Å²) in [6.45, 7) is 0. The highest BCUT2D eigenvalue weighted by Gasteiger charge is 2.13. The molecule has 2 aromatic rings. The zero-order chi connectivity index (χ0) is 10.1. The third-order valence-corrected chi connectivity index (χ3v) is 2.42. The number of carbonyl (C=O) groups excluding carboxylic acids is 1. The summed E-state index contributed by atoms with van der Waals surface area (Å²) in [5.41, 5.74) is 1.95. The minimum atomic E-state index is -0.403. The van der Waals surface area contributed by atoms with Gasteiger partial charge in [0.05, 0.1) is 24.5 Å². The molecule has 0 aliphatic heterocycles. The minimum absolute atomic E-state index is 0.403. The number of hydrogen-bond donors (Lipinski definition) is 2. The van der Waals surface area contributed by atoms with Gasteiger partial charge in [0.1, 0.15) is 5.52 Å². The number of rotatable bonds is 1. The first-order chi connectivity index (χ1) is 6.74. The highest BCUT2D eigenvalue weighted by atomic mass is 32.1. The molecule has 1 aromatic carbocycles. The van der Waals surface area contributed by atoms with E-state index in [-0.39, 0.29) is 0 Å². The topological polar surface area (TPSA) is 55.0 Å². The third-order valence-electron chi connectivity index (χ3n) is 1.97. The molecule has 14 heavy (non-hydrogen) atoms. The quantitative estimate of drug-likeness (QED) is 0.553. The lowest BCUT2D eigenvalue weighted by Crippen LogP contribution is -2.02. The Kier molecular flexibility index (Phi) is 2.17. The molecule has 1 N–H and O–H groups in total. The molecule has 72 valence electrons. The molecule has 4 nitrogen and oxygen atoms in total. The number of esters is 1. The van der Waals surface area contributed by atoms with Crippen LogP contribution < -0.4 is 0 Å². The van der Waals surface area contributed by atoms with E-state index in [4.69, 9.17) is 0 Å². The van der Waals surface area contributed by atoms with Gasteiger partial charge in [-0.3, -0.25) is 0 Å². The Hall–Kier alpha value is -1.49. The molecular weight excluding hydrogens is 200 g/mol. The minimum Gasteiger partial charge on any atom is -0.465 e. The molecule has 1 aromatic heterocycles. The van der Waals surface area contributed by atoms with Gasteiger partial charge in [-0.25, -0.2) is 9.78 Å². The molecule has 0 amide bonds. The van der Waals surface area contributed by atoms with E-state index in [2.05, 4.69) is 27.3 Å². The summed E-state index contributed by atoms with van der Waals surface area (Å²) in [7, 11) is 1.34. The van der Waals surface area contributed by atoms with Gasteiger partial charge in [-0.05, 0) is 12.1 Å². The van der Waals surface area contributed by atoms with Gasteiger partial charge >= 0.3 is 5.97 Å². The van der Waals surface area contributed by atoms with Crippen LogP contribution in [0.15, 0.2) is 23.4 Å². The number of thiol groups is 1. The smallest absolute Gasteiger partial charge is 0.339 e. The summed E-state index contributed by atoms with van der Waals surface area (Å²) in [5, 5.41) is 0. The summed E-state index contributed by atoms with van der Waals surface area (Å²) in [4.78, 5) is 18.8. The first-order valence-corrected chi connectivity index (χ1v) is 4.42. The number of nitrogens with one attached hydrogen (secondary N) is 1. The molecule has 0 bridgehead atoms. The third kappa shape index (κ3) is 1.26. The highest BCUT2D eigenvalue weighted by Crippen LogP contribution is 2.23. The zero-order valence-electron chi connectivity index (χ0n) is 7.44. The van der Waals surface area contributed by atoms with Gasteiger partial charge in [0, 0.05) is 4.90 Å². The molecular formula is C9H8N2O2S. The van der Waals surface area contributed by atoms with Crippen LogP contribution in [0.4, 0.5) is 0 Å². The first kappa shape index (κ1) is 9.08. The molecule has 0 atom stereocenters. The van der Waals surface area contributed by atoms with E-state index >= 15 is 0 Å². The molecule has 0 aliphatic rings. The molecule has 0 fully saturated rings. The molecule has 5 heteroatoms. The molecule has 0 unspecified atom stereocenters. The molecule has 0 spiro atoms. The van der Waals surface area contributed by atoms with E-state index in [9.17, 15) is 4.79 Å². The van der Waals surface area contributed by atoms with Crippen molar-refractivity contribution in [1.29, 1.82) is 0 Å². The van der Waals surface area contributed by atoms with Crippen molar-refractivity contribution in [1.82, 2.24) is 9.97 Å². The largest absolute Gasteiger partial charge is 0.465 e. The van der Waals surface area contributed by atoms with Gasteiger partial charge < -0.3 is 9.72 Å². The summed E-state index contributed by atoms with van der Waals surface area (Å²) in [5.74, 6) is -0.403. The fraction of sp³-hybridized carbons (Fsp3) is 0.111. The molecule has 2 rings (SSSR count). The molecule has 0 saturated carbocycles. The Balaban J connectivity index is 2.67. The number of carbonyl (C=O) groups is 1. The van der Waals surface area contributed by atoms with Crippen molar-refractivity contribution in [2.45, 2.75) is 4.90 Å². The van der Waals surface area contributed by atoms with Gasteiger partial charge in [0.2, 0.25) is 0 Å². The lowest BCUT2D eigenvalue weighted by Gasteiger charge is -2.02. The maximum Gasteiger partial charge on any atom is 0.339 e. The number of ether oxygens (including phenoxy) is 1. The predicted molar refractivity (Wildman–Crippen MR) is 54.7 cm³/mol. The zero-order valence-corrected chi connectivity index (χ0v) is 8.34. The Bertz CT molecular complexity index is 493. The van der Waals surface area contributed by atoms with E-state index in [1.807, 2.05) is 0 Å². The fourth-order valence-corrected chi connectivity index (χ4v) is 1.61. The Labute approximate surface area is 85.7 Å². The van der Waals surface area contributed by atoms with Gasteiger partial charge in [0.25, 0.3) is 0 Å². The van der Waals surface area contributed by atoms with Crippen LogP contribution in [0.2, 0.25) is 0 Å². The van der Waals surface area contributed by atoms with Gasteiger partial charge in [-0.2, -0.15) is 0 Å². The normalized spacial score (nSPS) is 10.4. The Morgan fingerprint density at radius 2 is 2.36 bits per heavy atom. The van der Waals surface area contributed by atoms with E-state index in [0.717, 1.165) is 5.52 Å². The van der Waals surface area contributed by atoms with Crippen LogP contribution in [0, 0.1) is 0 Å². The van der Waals surface area contributed by atoms with E-state index in [1.165, 1.54) is 7.11 Å². The van der Waals surface area contributed by atoms with Crippen LogP contribution in [0.1, 0.15) is 10.4 Å². The van der Waals surface area contributed by atoms with Crippen LogP contribution in [0.5, 0.6) is 0 Å². The lowest BCUT2D eigenvalue weighted by molar-refractivity contribution is 0.0597. The predicted octanol–water partition coefficient (Wildman–Crippen LogP) is 1.64. The molecule has 0 radical (unpaired) electrons. The Morgan fingerprint density at radius 1 is 1.57 bits per heavy atom. The standard InChI is InChI=1S/C9H8N2O2S/c1-13-9(12)5-2-3-6-7(8(5)14)11-4-10-6/h2-4,14H,1H3,(H,10,11). The van der Waals surface area contributed by atoms with E-state index in [1.54, 1.807) is 18.5 Å². The second-order valence-electron chi connectivity index (χ2n) is 2.75. The maximum atomic E-state index is 11.3. The number of H-pyrrole nitrogens is 1. The number of nitrogens with zero attached hydrogens (tertiary/aromatic N) is 1. The van der Waals surface area contributed by atoms with Crippen molar-refractivity contribution < 1.29 is 9.53 Å². The number of imidazole rings is 1. The molecule has 0 aliphatic carbocycles. The van der Waals surface area contributed by atoms with Crippen LogP contribution in [-0.2, 0) is 4.74 Å².